The Morgan fingerprint density at radius 2 is 1.83 bits per heavy atom. The van der Waals surface area contributed by atoms with Crippen LogP contribution in [0, 0.1) is 5.82 Å². The number of amides is 1. The molecular weight excluding hydrogens is 301 g/mol. The number of halogens is 1. The third kappa shape index (κ3) is 3.85. The Morgan fingerprint density at radius 3 is 2.48 bits per heavy atom. The second-order valence-electron chi connectivity index (χ2n) is 4.69. The third-order valence-corrected chi connectivity index (χ3v) is 3.24. The molecule has 0 aliphatic rings. The molecule has 0 aliphatic heterocycles. The van der Waals surface area contributed by atoms with E-state index in [0.29, 0.717) is 11.3 Å². The molecule has 0 spiro atoms. The number of hydrogen-bond acceptors (Lipinski definition) is 4. The first-order chi connectivity index (χ1) is 11.1. The zero-order valence-electron chi connectivity index (χ0n) is 12.8. The van der Waals surface area contributed by atoms with E-state index in [4.69, 9.17) is 4.74 Å². The smallest absolute Gasteiger partial charge is 0.341 e. The summed E-state index contributed by atoms with van der Waals surface area (Å²) in [6.45, 7) is 0.140. The van der Waals surface area contributed by atoms with Crippen molar-refractivity contribution in [2.24, 2.45) is 0 Å². The van der Waals surface area contributed by atoms with Crippen molar-refractivity contribution in [3.63, 3.8) is 0 Å². The topological polar surface area (TPSA) is 64.6 Å². The van der Waals surface area contributed by atoms with Crippen molar-refractivity contribution < 1.29 is 23.5 Å². The zero-order chi connectivity index (χ0) is 16.8. The molecule has 0 atom stereocenters. The van der Waals surface area contributed by atoms with E-state index in [0.717, 1.165) is 0 Å². The van der Waals surface area contributed by atoms with Crippen LogP contribution in [-0.4, -0.2) is 26.1 Å². The second kappa shape index (κ2) is 7.40. The monoisotopic (exact) mass is 317 g/mol. The Morgan fingerprint density at radius 1 is 1.09 bits per heavy atom. The number of hydrogen-bond donors (Lipinski definition) is 1. The van der Waals surface area contributed by atoms with Crippen LogP contribution in [0.5, 0.6) is 5.75 Å². The highest BCUT2D eigenvalue weighted by Crippen LogP contribution is 2.20. The van der Waals surface area contributed by atoms with Gasteiger partial charge in [0.2, 0.25) is 0 Å². The number of carbonyl (C=O) groups is 2. The Labute approximate surface area is 133 Å². The van der Waals surface area contributed by atoms with Crippen LogP contribution in [0.25, 0.3) is 0 Å². The SMILES string of the molecule is COC(=O)c1cc(CNC(=O)c2ccccc2F)ccc1OC. The molecule has 2 aromatic rings. The van der Waals surface area contributed by atoms with Crippen LogP contribution in [0.4, 0.5) is 4.39 Å². The number of carbonyl (C=O) groups excluding carboxylic acids is 2. The summed E-state index contributed by atoms with van der Waals surface area (Å²) in [6.07, 6.45) is 0. The largest absolute Gasteiger partial charge is 0.496 e. The number of nitrogens with one attached hydrogen (secondary N) is 1. The Kier molecular flexibility index (Phi) is 5.30. The maximum Gasteiger partial charge on any atom is 0.341 e. The van der Waals surface area contributed by atoms with E-state index in [1.54, 1.807) is 24.3 Å². The van der Waals surface area contributed by atoms with Gasteiger partial charge in [-0.15, -0.1) is 0 Å². The minimum Gasteiger partial charge on any atom is -0.496 e. The fraction of sp³-hybridized carbons (Fsp3) is 0.176. The van der Waals surface area contributed by atoms with E-state index in [1.807, 2.05) is 0 Å². The summed E-state index contributed by atoms with van der Waals surface area (Å²) in [6, 6.07) is 10.6. The maximum absolute atomic E-state index is 13.5. The molecule has 1 N–H and O–H groups in total. The summed E-state index contributed by atoms with van der Waals surface area (Å²) >= 11 is 0. The molecule has 0 bridgehead atoms. The van der Waals surface area contributed by atoms with Gasteiger partial charge in [-0.3, -0.25) is 4.79 Å². The summed E-state index contributed by atoms with van der Waals surface area (Å²) in [5, 5.41) is 2.61. The van der Waals surface area contributed by atoms with E-state index < -0.39 is 17.7 Å². The van der Waals surface area contributed by atoms with Crippen molar-refractivity contribution in [1.82, 2.24) is 5.32 Å². The zero-order valence-corrected chi connectivity index (χ0v) is 12.8. The van der Waals surface area contributed by atoms with Crippen LogP contribution >= 0.6 is 0 Å². The summed E-state index contributed by atoms with van der Waals surface area (Å²) < 4.78 is 23.3. The lowest BCUT2D eigenvalue weighted by Crippen LogP contribution is -2.24. The van der Waals surface area contributed by atoms with Crippen LogP contribution < -0.4 is 10.1 Å². The van der Waals surface area contributed by atoms with E-state index >= 15 is 0 Å². The number of rotatable bonds is 5. The van der Waals surface area contributed by atoms with Gasteiger partial charge in [0.05, 0.1) is 19.8 Å². The minimum absolute atomic E-state index is 0.0331. The summed E-state index contributed by atoms with van der Waals surface area (Å²) in [7, 11) is 2.72. The molecule has 0 saturated heterocycles. The Hall–Kier alpha value is -2.89. The normalized spacial score (nSPS) is 10.0. The molecule has 0 saturated carbocycles. The predicted molar refractivity (Wildman–Crippen MR) is 81.9 cm³/mol. The lowest BCUT2D eigenvalue weighted by atomic mass is 10.1. The van der Waals surface area contributed by atoms with Crippen LogP contribution in [0.1, 0.15) is 26.3 Å². The minimum atomic E-state index is -0.588. The van der Waals surface area contributed by atoms with Gasteiger partial charge in [0.25, 0.3) is 5.91 Å². The fourth-order valence-corrected chi connectivity index (χ4v) is 2.06. The quantitative estimate of drug-likeness (QED) is 0.861. The highest BCUT2D eigenvalue weighted by Gasteiger charge is 2.14. The molecule has 0 unspecified atom stereocenters. The van der Waals surface area contributed by atoms with E-state index in [-0.39, 0.29) is 17.7 Å². The number of methoxy groups -OCH3 is 2. The first-order valence-electron chi connectivity index (χ1n) is 6.84. The molecule has 0 aliphatic carbocycles. The lowest BCUT2D eigenvalue weighted by molar-refractivity contribution is 0.0597. The third-order valence-electron chi connectivity index (χ3n) is 3.24. The number of benzene rings is 2. The first-order valence-corrected chi connectivity index (χ1v) is 6.84. The van der Waals surface area contributed by atoms with Crippen molar-refractivity contribution in [1.29, 1.82) is 0 Å². The number of ether oxygens (including phenoxy) is 2. The molecule has 120 valence electrons. The molecule has 0 aromatic heterocycles. The lowest BCUT2D eigenvalue weighted by Gasteiger charge is -2.10. The molecule has 23 heavy (non-hydrogen) atoms. The predicted octanol–water partition coefficient (Wildman–Crippen LogP) is 2.55. The molecule has 2 aromatic carbocycles. The van der Waals surface area contributed by atoms with Gasteiger partial charge in [0.15, 0.2) is 0 Å². The second-order valence-corrected chi connectivity index (χ2v) is 4.69. The fourth-order valence-electron chi connectivity index (χ4n) is 2.06. The van der Waals surface area contributed by atoms with Crippen LogP contribution in [-0.2, 0) is 11.3 Å². The molecular formula is C17H16FNO4. The van der Waals surface area contributed by atoms with E-state index in [1.165, 1.54) is 32.4 Å². The van der Waals surface area contributed by atoms with Gasteiger partial charge in [0.1, 0.15) is 17.1 Å². The van der Waals surface area contributed by atoms with Gasteiger partial charge >= 0.3 is 5.97 Å². The Bertz CT molecular complexity index is 730. The van der Waals surface area contributed by atoms with Crippen molar-refractivity contribution in [2.75, 3.05) is 14.2 Å². The van der Waals surface area contributed by atoms with Crippen LogP contribution in [0.15, 0.2) is 42.5 Å². The molecule has 6 heteroatoms. The van der Waals surface area contributed by atoms with Crippen molar-refractivity contribution in [3.05, 3.63) is 65.0 Å². The van der Waals surface area contributed by atoms with Gasteiger partial charge in [-0.1, -0.05) is 18.2 Å². The van der Waals surface area contributed by atoms with Crippen molar-refractivity contribution in [3.8, 4) is 5.75 Å². The van der Waals surface area contributed by atoms with Crippen LogP contribution in [0.2, 0.25) is 0 Å². The van der Waals surface area contributed by atoms with E-state index in [9.17, 15) is 14.0 Å². The summed E-state index contributed by atoms with van der Waals surface area (Å²) in [5.41, 5.74) is 0.887. The molecule has 2 rings (SSSR count). The molecule has 0 radical (unpaired) electrons. The van der Waals surface area contributed by atoms with Gasteiger partial charge in [-0.25, -0.2) is 9.18 Å². The maximum atomic E-state index is 13.5. The highest BCUT2D eigenvalue weighted by molar-refractivity contribution is 5.94. The average Bonchev–Trinajstić information content (AvgIpc) is 2.59. The highest BCUT2D eigenvalue weighted by atomic mass is 19.1. The van der Waals surface area contributed by atoms with Crippen molar-refractivity contribution in [2.45, 2.75) is 6.54 Å². The van der Waals surface area contributed by atoms with Gasteiger partial charge in [-0.05, 0) is 29.8 Å². The van der Waals surface area contributed by atoms with Crippen molar-refractivity contribution >= 4 is 11.9 Å². The molecule has 0 fully saturated rings. The molecule has 1 amide bonds. The van der Waals surface area contributed by atoms with Gasteiger partial charge in [0, 0.05) is 6.54 Å². The molecule has 0 heterocycles. The first kappa shape index (κ1) is 16.5. The Balaban J connectivity index is 2.13. The standard InChI is InChI=1S/C17H16FNO4/c1-22-15-8-7-11(9-13(15)17(21)23-2)10-19-16(20)12-5-3-4-6-14(12)18/h3-9H,10H2,1-2H3,(H,19,20). The van der Waals surface area contributed by atoms with Crippen LogP contribution in [0.3, 0.4) is 0 Å². The van der Waals surface area contributed by atoms with Gasteiger partial charge < -0.3 is 14.8 Å². The average molecular weight is 317 g/mol. The number of esters is 1. The summed E-state index contributed by atoms with van der Waals surface area (Å²) in [4.78, 5) is 23.7. The van der Waals surface area contributed by atoms with Gasteiger partial charge in [-0.2, -0.15) is 0 Å². The van der Waals surface area contributed by atoms with E-state index in [2.05, 4.69) is 10.1 Å². The molecule has 5 nitrogen and oxygen atoms in total. The summed E-state index contributed by atoms with van der Waals surface area (Å²) in [5.74, 6) is -1.28.